The summed E-state index contributed by atoms with van der Waals surface area (Å²) in [6.45, 7) is 1.85. The van der Waals surface area contributed by atoms with Gasteiger partial charge in [0.25, 0.3) is 0 Å². The van der Waals surface area contributed by atoms with Crippen LogP contribution in [0.25, 0.3) is 5.57 Å². The van der Waals surface area contributed by atoms with Crippen molar-refractivity contribution in [3.8, 4) is 11.5 Å². The third-order valence-electron chi connectivity index (χ3n) is 6.26. The summed E-state index contributed by atoms with van der Waals surface area (Å²) in [6, 6.07) is 20.3. The number of ketones is 2. The van der Waals surface area contributed by atoms with E-state index < -0.39 is 5.41 Å². The van der Waals surface area contributed by atoms with E-state index in [9.17, 15) is 9.59 Å². The van der Waals surface area contributed by atoms with E-state index in [4.69, 9.17) is 9.47 Å². The first kappa shape index (κ1) is 18.4. The van der Waals surface area contributed by atoms with Crippen LogP contribution >= 0.6 is 0 Å². The third-order valence-corrected chi connectivity index (χ3v) is 6.26. The Balaban J connectivity index is 1.87. The van der Waals surface area contributed by atoms with Crippen LogP contribution in [0.3, 0.4) is 0 Å². The average molecular weight is 396 g/mol. The number of carbonyl (C=O) groups excluding carboxylic acids is 2. The zero-order valence-electron chi connectivity index (χ0n) is 17.0. The Morgan fingerprint density at radius 2 is 1.37 bits per heavy atom. The number of methoxy groups -OCH3 is 2. The quantitative estimate of drug-likeness (QED) is 0.635. The van der Waals surface area contributed by atoms with Crippen LogP contribution in [0.4, 0.5) is 0 Å². The molecule has 1 atom stereocenters. The molecule has 0 aliphatic heterocycles. The van der Waals surface area contributed by atoms with Crippen LogP contribution in [-0.4, -0.2) is 25.8 Å². The topological polar surface area (TPSA) is 52.6 Å². The molecule has 0 amide bonds. The van der Waals surface area contributed by atoms with Gasteiger partial charge in [-0.3, -0.25) is 9.59 Å². The van der Waals surface area contributed by atoms with Crippen molar-refractivity contribution >= 4 is 17.1 Å². The van der Waals surface area contributed by atoms with Crippen molar-refractivity contribution in [1.29, 1.82) is 0 Å². The number of hydrogen-bond acceptors (Lipinski definition) is 4. The molecule has 0 radical (unpaired) electrons. The lowest BCUT2D eigenvalue weighted by Crippen LogP contribution is -2.41. The Kier molecular flexibility index (Phi) is 3.93. The predicted octanol–water partition coefficient (Wildman–Crippen LogP) is 4.86. The van der Waals surface area contributed by atoms with E-state index in [-0.39, 0.29) is 11.6 Å². The fourth-order valence-corrected chi connectivity index (χ4v) is 4.72. The number of rotatable bonds is 3. The molecule has 2 aliphatic rings. The van der Waals surface area contributed by atoms with Gasteiger partial charge in [-0.15, -0.1) is 0 Å². The van der Waals surface area contributed by atoms with Gasteiger partial charge in [0.05, 0.1) is 19.6 Å². The molecule has 0 heterocycles. The Morgan fingerprint density at radius 1 is 0.733 bits per heavy atom. The molecule has 30 heavy (non-hydrogen) atoms. The van der Waals surface area contributed by atoms with Gasteiger partial charge in [-0.05, 0) is 53.5 Å². The second-order valence-electron chi connectivity index (χ2n) is 7.72. The minimum atomic E-state index is -1.06. The van der Waals surface area contributed by atoms with E-state index in [1.54, 1.807) is 38.5 Å². The van der Waals surface area contributed by atoms with Crippen molar-refractivity contribution in [1.82, 2.24) is 0 Å². The molecule has 4 nitrogen and oxygen atoms in total. The number of Topliss-reactive ketones (excluding diaryl/α,β-unsaturated/α-hetero) is 2. The van der Waals surface area contributed by atoms with Crippen LogP contribution in [0, 0.1) is 0 Å². The summed E-state index contributed by atoms with van der Waals surface area (Å²) < 4.78 is 10.7. The number of benzene rings is 3. The minimum absolute atomic E-state index is 0.0642. The number of fused-ring (bicyclic) bond motifs is 4. The number of carbonyl (C=O) groups is 2. The Morgan fingerprint density at radius 3 is 2.03 bits per heavy atom. The fraction of sp³-hybridized carbons (Fsp3) is 0.154. The summed E-state index contributed by atoms with van der Waals surface area (Å²) in [5.41, 5.74) is 3.75. The number of hydrogen-bond donors (Lipinski definition) is 0. The maximum Gasteiger partial charge on any atom is 0.191 e. The monoisotopic (exact) mass is 396 g/mol. The maximum atomic E-state index is 13.8. The average Bonchev–Trinajstić information content (AvgIpc) is 3.07. The molecule has 3 aromatic carbocycles. The van der Waals surface area contributed by atoms with Crippen molar-refractivity contribution in [2.45, 2.75) is 12.3 Å². The first-order valence-corrected chi connectivity index (χ1v) is 9.77. The zero-order chi connectivity index (χ0) is 21.0. The molecular formula is C26H20O4. The fourth-order valence-electron chi connectivity index (χ4n) is 4.72. The van der Waals surface area contributed by atoms with Gasteiger partial charge in [-0.1, -0.05) is 42.5 Å². The molecular weight excluding hydrogens is 376 g/mol. The lowest BCUT2D eigenvalue weighted by atomic mass is 9.66. The lowest BCUT2D eigenvalue weighted by Gasteiger charge is -2.32. The highest BCUT2D eigenvalue weighted by Gasteiger charge is 2.54. The van der Waals surface area contributed by atoms with Crippen LogP contribution in [-0.2, 0) is 5.41 Å². The molecule has 0 saturated carbocycles. The highest BCUT2D eigenvalue weighted by Crippen LogP contribution is 2.54. The summed E-state index contributed by atoms with van der Waals surface area (Å²) in [7, 11) is 3.21. The first-order valence-electron chi connectivity index (χ1n) is 9.77. The lowest BCUT2D eigenvalue weighted by molar-refractivity contribution is 0.0867. The van der Waals surface area contributed by atoms with Crippen molar-refractivity contribution in [2.75, 3.05) is 14.2 Å². The minimum Gasteiger partial charge on any atom is -0.497 e. The zero-order valence-corrected chi connectivity index (χ0v) is 17.0. The molecule has 0 fully saturated rings. The van der Waals surface area contributed by atoms with Crippen LogP contribution in [0.5, 0.6) is 11.5 Å². The summed E-state index contributed by atoms with van der Waals surface area (Å²) >= 11 is 0. The van der Waals surface area contributed by atoms with E-state index >= 15 is 0 Å². The SMILES string of the molecule is COc1ccc(C2=C3C(=O)c4ccccc4C(=O)C3(C)c3cc(OC)ccc32)cc1. The summed E-state index contributed by atoms with van der Waals surface area (Å²) in [5.74, 6) is 1.22. The second kappa shape index (κ2) is 6.42. The van der Waals surface area contributed by atoms with E-state index in [1.165, 1.54) is 0 Å². The van der Waals surface area contributed by atoms with E-state index in [0.717, 1.165) is 28.0 Å². The first-order chi connectivity index (χ1) is 14.5. The third kappa shape index (κ3) is 2.28. The number of allylic oxidation sites excluding steroid dienone is 1. The van der Waals surface area contributed by atoms with Crippen molar-refractivity contribution in [3.63, 3.8) is 0 Å². The summed E-state index contributed by atoms with van der Waals surface area (Å²) in [5, 5.41) is 0. The molecule has 0 aromatic heterocycles. The second-order valence-corrected chi connectivity index (χ2v) is 7.72. The van der Waals surface area contributed by atoms with Gasteiger partial charge < -0.3 is 9.47 Å². The van der Waals surface area contributed by atoms with Gasteiger partial charge in [-0.25, -0.2) is 0 Å². The van der Waals surface area contributed by atoms with Gasteiger partial charge in [-0.2, -0.15) is 0 Å². The van der Waals surface area contributed by atoms with Crippen molar-refractivity contribution < 1.29 is 19.1 Å². The van der Waals surface area contributed by atoms with Gasteiger partial charge in [0, 0.05) is 16.7 Å². The van der Waals surface area contributed by atoms with E-state index in [2.05, 4.69) is 0 Å². The van der Waals surface area contributed by atoms with Gasteiger partial charge in [0.2, 0.25) is 0 Å². The van der Waals surface area contributed by atoms with Crippen LogP contribution in [0.1, 0.15) is 44.3 Å². The summed E-state index contributed by atoms with van der Waals surface area (Å²) in [4.78, 5) is 27.5. The normalized spacial score (nSPS) is 19.3. The molecule has 148 valence electrons. The molecule has 3 aromatic rings. The molecule has 5 rings (SSSR count). The van der Waals surface area contributed by atoms with Crippen LogP contribution in [0.2, 0.25) is 0 Å². The highest BCUT2D eigenvalue weighted by molar-refractivity contribution is 6.32. The van der Waals surface area contributed by atoms with Gasteiger partial charge >= 0.3 is 0 Å². The Bertz CT molecular complexity index is 1250. The highest BCUT2D eigenvalue weighted by atomic mass is 16.5. The van der Waals surface area contributed by atoms with Crippen molar-refractivity contribution in [2.24, 2.45) is 0 Å². The van der Waals surface area contributed by atoms with Crippen molar-refractivity contribution in [3.05, 3.63) is 100 Å². The van der Waals surface area contributed by atoms with E-state index in [0.29, 0.717) is 22.4 Å². The molecule has 2 aliphatic carbocycles. The molecule has 1 unspecified atom stereocenters. The molecule has 0 spiro atoms. The molecule has 0 bridgehead atoms. The smallest absolute Gasteiger partial charge is 0.191 e. The molecule has 4 heteroatoms. The molecule has 0 saturated heterocycles. The van der Waals surface area contributed by atoms with Crippen LogP contribution in [0.15, 0.2) is 72.3 Å². The van der Waals surface area contributed by atoms with Gasteiger partial charge in [0.15, 0.2) is 11.6 Å². The predicted molar refractivity (Wildman–Crippen MR) is 114 cm³/mol. The molecule has 0 N–H and O–H groups in total. The van der Waals surface area contributed by atoms with Crippen LogP contribution < -0.4 is 9.47 Å². The Hall–Kier alpha value is -3.66. The Labute approximate surface area is 174 Å². The van der Waals surface area contributed by atoms with E-state index in [1.807, 2.05) is 49.4 Å². The maximum absolute atomic E-state index is 13.8. The number of ether oxygens (including phenoxy) is 2. The largest absolute Gasteiger partial charge is 0.497 e. The summed E-state index contributed by atoms with van der Waals surface area (Å²) in [6.07, 6.45) is 0. The standard InChI is InChI=1S/C26H20O4/c1-26-21-14-17(30-3)12-13-20(21)22(15-8-10-16(29-2)11-9-15)23(26)24(27)18-6-4-5-7-19(18)25(26)28/h4-14H,1-3H3. The van der Waals surface area contributed by atoms with Gasteiger partial charge in [0.1, 0.15) is 11.5 Å².